The standard InChI is InChI=1S/C24H32N4O4S/c1-27(17-23(29)26-21-12-8-10-18-9-4-5-11-20(18)21)33(31,32)19-15-22(25-16-19)24(30)28-13-6-2-3-7-14-28/h4-5,9,11,15-16,21,25H,2-3,6-8,10,12-14,17H2,1H3,(H,26,29)/t21-/m0/s1. The number of likely N-dealkylation sites (N-methyl/N-ethyl adjacent to an activating group) is 1. The van der Waals surface area contributed by atoms with Crippen molar-refractivity contribution in [1.82, 2.24) is 19.5 Å². The van der Waals surface area contributed by atoms with E-state index in [0.29, 0.717) is 13.1 Å². The van der Waals surface area contributed by atoms with Crippen LogP contribution in [0, 0.1) is 0 Å². The summed E-state index contributed by atoms with van der Waals surface area (Å²) in [6, 6.07) is 9.30. The van der Waals surface area contributed by atoms with E-state index in [0.717, 1.165) is 54.8 Å². The first-order valence-electron chi connectivity index (χ1n) is 11.7. The number of fused-ring (bicyclic) bond motifs is 1. The minimum Gasteiger partial charge on any atom is -0.356 e. The number of rotatable bonds is 6. The lowest BCUT2D eigenvalue weighted by Crippen LogP contribution is -2.40. The van der Waals surface area contributed by atoms with Crippen molar-refractivity contribution in [2.75, 3.05) is 26.7 Å². The van der Waals surface area contributed by atoms with Crippen LogP contribution < -0.4 is 5.32 Å². The molecule has 9 heteroatoms. The second-order valence-corrected chi connectivity index (χ2v) is 11.0. The highest BCUT2D eigenvalue weighted by atomic mass is 32.2. The SMILES string of the molecule is CN(CC(=O)N[C@H]1CCCc2ccccc21)S(=O)(=O)c1c[nH]c(C(=O)N2CCCCCC2)c1. The van der Waals surface area contributed by atoms with Gasteiger partial charge in [0.15, 0.2) is 0 Å². The molecule has 178 valence electrons. The average Bonchev–Trinajstić information content (AvgIpc) is 3.16. The second-order valence-electron chi connectivity index (χ2n) is 8.93. The van der Waals surface area contributed by atoms with Gasteiger partial charge in [0, 0.05) is 26.3 Å². The largest absolute Gasteiger partial charge is 0.356 e. The zero-order valence-corrected chi connectivity index (χ0v) is 19.9. The maximum Gasteiger partial charge on any atom is 0.270 e. The Morgan fingerprint density at radius 3 is 2.61 bits per heavy atom. The Bertz CT molecular complexity index is 1100. The van der Waals surface area contributed by atoms with Crippen LogP contribution in [0.5, 0.6) is 0 Å². The fourth-order valence-corrected chi connectivity index (χ4v) is 5.82. The Morgan fingerprint density at radius 1 is 1.12 bits per heavy atom. The Hall–Kier alpha value is -2.65. The van der Waals surface area contributed by atoms with Gasteiger partial charge < -0.3 is 15.2 Å². The third kappa shape index (κ3) is 5.30. The highest BCUT2D eigenvalue weighted by molar-refractivity contribution is 7.89. The van der Waals surface area contributed by atoms with E-state index in [1.165, 1.54) is 24.9 Å². The Labute approximate surface area is 195 Å². The number of likely N-dealkylation sites (tertiary alicyclic amines) is 1. The minimum atomic E-state index is -3.92. The molecule has 2 aromatic rings. The Balaban J connectivity index is 1.39. The molecule has 4 rings (SSSR count). The number of hydrogen-bond donors (Lipinski definition) is 2. The monoisotopic (exact) mass is 472 g/mol. The van der Waals surface area contributed by atoms with Crippen molar-refractivity contribution >= 4 is 21.8 Å². The van der Waals surface area contributed by atoms with Crippen LogP contribution in [0.3, 0.4) is 0 Å². The Kier molecular flexibility index (Phi) is 7.19. The molecule has 0 radical (unpaired) electrons. The zero-order chi connectivity index (χ0) is 23.4. The summed E-state index contributed by atoms with van der Waals surface area (Å²) in [7, 11) is -2.53. The lowest BCUT2D eigenvalue weighted by atomic mass is 9.88. The molecule has 1 saturated heterocycles. The Morgan fingerprint density at radius 2 is 1.85 bits per heavy atom. The van der Waals surface area contributed by atoms with E-state index in [9.17, 15) is 18.0 Å². The topological polar surface area (TPSA) is 103 Å². The maximum atomic E-state index is 13.0. The molecular weight excluding hydrogens is 440 g/mol. The van der Waals surface area contributed by atoms with Crippen molar-refractivity contribution in [1.29, 1.82) is 0 Å². The normalized spacial score (nSPS) is 19.1. The summed E-state index contributed by atoms with van der Waals surface area (Å²) in [6.07, 6.45) is 8.25. The van der Waals surface area contributed by atoms with Crippen LogP contribution >= 0.6 is 0 Å². The molecule has 2 N–H and O–H groups in total. The molecule has 33 heavy (non-hydrogen) atoms. The van der Waals surface area contributed by atoms with Gasteiger partial charge in [0.25, 0.3) is 5.91 Å². The van der Waals surface area contributed by atoms with Crippen LogP contribution in [-0.2, 0) is 21.2 Å². The molecule has 1 atom stereocenters. The molecule has 1 aliphatic carbocycles. The second kappa shape index (κ2) is 10.1. The molecule has 1 aromatic carbocycles. The van der Waals surface area contributed by atoms with Gasteiger partial charge >= 0.3 is 0 Å². The maximum absolute atomic E-state index is 13.0. The van der Waals surface area contributed by atoms with Crippen LogP contribution in [0.4, 0.5) is 0 Å². The van der Waals surface area contributed by atoms with Crippen molar-refractivity contribution in [2.24, 2.45) is 0 Å². The number of aryl methyl sites for hydroxylation is 1. The fourth-order valence-electron chi connectivity index (χ4n) is 4.70. The average molecular weight is 473 g/mol. The highest BCUT2D eigenvalue weighted by Crippen LogP contribution is 2.29. The van der Waals surface area contributed by atoms with E-state index in [4.69, 9.17) is 0 Å². The molecule has 2 heterocycles. The predicted molar refractivity (Wildman–Crippen MR) is 125 cm³/mol. The van der Waals surface area contributed by atoms with E-state index < -0.39 is 10.0 Å². The van der Waals surface area contributed by atoms with Crippen LogP contribution in [0.25, 0.3) is 0 Å². The van der Waals surface area contributed by atoms with E-state index >= 15 is 0 Å². The van der Waals surface area contributed by atoms with Crippen molar-refractivity contribution in [3.63, 3.8) is 0 Å². The zero-order valence-electron chi connectivity index (χ0n) is 19.0. The molecule has 0 unspecified atom stereocenters. The summed E-state index contributed by atoms with van der Waals surface area (Å²) in [5.74, 6) is -0.533. The quantitative estimate of drug-likeness (QED) is 0.675. The van der Waals surface area contributed by atoms with Crippen LogP contribution in [0.2, 0.25) is 0 Å². The number of nitrogens with zero attached hydrogens (tertiary/aromatic N) is 2. The number of carbonyl (C=O) groups excluding carboxylic acids is 2. The number of H-pyrrole nitrogens is 1. The number of hydrogen-bond acceptors (Lipinski definition) is 4. The van der Waals surface area contributed by atoms with Crippen molar-refractivity contribution in [2.45, 2.75) is 55.9 Å². The van der Waals surface area contributed by atoms with E-state index in [2.05, 4.69) is 16.4 Å². The van der Waals surface area contributed by atoms with Crippen molar-refractivity contribution in [3.8, 4) is 0 Å². The summed E-state index contributed by atoms with van der Waals surface area (Å²) in [5, 5.41) is 2.99. The van der Waals surface area contributed by atoms with Gasteiger partial charge in [0.2, 0.25) is 15.9 Å². The summed E-state index contributed by atoms with van der Waals surface area (Å²) in [4.78, 5) is 30.0. The third-order valence-corrected chi connectivity index (χ3v) is 8.34. The van der Waals surface area contributed by atoms with Crippen molar-refractivity contribution in [3.05, 3.63) is 53.3 Å². The van der Waals surface area contributed by atoms with Gasteiger partial charge in [-0.05, 0) is 49.3 Å². The summed E-state index contributed by atoms with van der Waals surface area (Å²) in [6.45, 7) is 1.08. The minimum absolute atomic E-state index is 0.0148. The van der Waals surface area contributed by atoms with Gasteiger partial charge in [-0.25, -0.2) is 8.42 Å². The summed E-state index contributed by atoms with van der Waals surface area (Å²) < 4.78 is 27.1. The lowest BCUT2D eigenvalue weighted by Gasteiger charge is -2.27. The smallest absolute Gasteiger partial charge is 0.270 e. The summed E-state index contributed by atoms with van der Waals surface area (Å²) >= 11 is 0. The molecule has 2 amide bonds. The number of carbonyl (C=O) groups is 2. The van der Waals surface area contributed by atoms with Gasteiger partial charge in [0.05, 0.1) is 12.6 Å². The van der Waals surface area contributed by atoms with Crippen LogP contribution in [-0.4, -0.2) is 61.1 Å². The molecule has 1 aromatic heterocycles. The van der Waals surface area contributed by atoms with E-state index in [1.54, 1.807) is 4.90 Å². The molecule has 0 saturated carbocycles. The van der Waals surface area contributed by atoms with Gasteiger partial charge in [-0.15, -0.1) is 0 Å². The first-order chi connectivity index (χ1) is 15.9. The number of benzene rings is 1. The van der Waals surface area contributed by atoms with Gasteiger partial charge in [0.1, 0.15) is 10.6 Å². The van der Waals surface area contributed by atoms with E-state index in [-0.39, 0.29) is 35.0 Å². The molecule has 8 nitrogen and oxygen atoms in total. The van der Waals surface area contributed by atoms with E-state index in [1.807, 2.05) is 18.2 Å². The predicted octanol–water partition coefficient (Wildman–Crippen LogP) is 2.85. The third-order valence-electron chi connectivity index (χ3n) is 6.56. The number of nitrogens with one attached hydrogen (secondary N) is 2. The van der Waals surface area contributed by atoms with Crippen molar-refractivity contribution < 1.29 is 18.0 Å². The highest BCUT2D eigenvalue weighted by Gasteiger charge is 2.28. The first kappa shape index (κ1) is 23.5. The van der Waals surface area contributed by atoms with Gasteiger partial charge in [-0.2, -0.15) is 4.31 Å². The molecular formula is C24H32N4O4S. The number of aromatic amines is 1. The molecule has 0 bridgehead atoms. The molecule has 0 spiro atoms. The first-order valence-corrected chi connectivity index (χ1v) is 13.1. The number of aromatic nitrogens is 1. The van der Waals surface area contributed by atoms with Gasteiger partial charge in [-0.3, -0.25) is 9.59 Å². The lowest BCUT2D eigenvalue weighted by molar-refractivity contribution is -0.122. The fraction of sp³-hybridized carbons (Fsp3) is 0.500. The number of amides is 2. The molecule has 1 aliphatic heterocycles. The van der Waals surface area contributed by atoms with Crippen LogP contribution in [0.15, 0.2) is 41.4 Å². The molecule has 1 fully saturated rings. The summed E-state index contributed by atoms with van der Waals surface area (Å²) in [5.41, 5.74) is 2.58. The number of sulfonamides is 1. The molecule has 2 aliphatic rings. The van der Waals surface area contributed by atoms with Crippen LogP contribution in [0.1, 0.15) is 66.2 Å². The van der Waals surface area contributed by atoms with Gasteiger partial charge in [-0.1, -0.05) is 37.1 Å².